The van der Waals surface area contributed by atoms with Crippen LogP contribution < -0.4 is 14.2 Å². The normalized spacial score (nSPS) is 19.8. The Balaban J connectivity index is 1.66. The second-order valence-corrected chi connectivity index (χ2v) is 12.4. The lowest BCUT2D eigenvalue weighted by molar-refractivity contribution is -0.134. The number of amides is 2. The van der Waals surface area contributed by atoms with E-state index in [2.05, 4.69) is 9.71 Å². The molecule has 2 amide bonds. The summed E-state index contributed by atoms with van der Waals surface area (Å²) in [6, 6.07) is 13.9. The maximum Gasteiger partial charge on any atom is 0.262 e. The van der Waals surface area contributed by atoms with Gasteiger partial charge in [0, 0.05) is 57.7 Å². The molecule has 0 spiro atoms. The van der Waals surface area contributed by atoms with Gasteiger partial charge in [-0.15, -0.1) is 0 Å². The third kappa shape index (κ3) is 7.82. The number of ether oxygens (including phenoxy) is 3. The summed E-state index contributed by atoms with van der Waals surface area (Å²) in [6.45, 7) is 4.60. The molecule has 2 aromatic carbocycles. The smallest absolute Gasteiger partial charge is 0.262 e. The molecule has 3 aromatic rings. The van der Waals surface area contributed by atoms with Crippen molar-refractivity contribution in [2.45, 2.75) is 37.3 Å². The molecule has 0 saturated carbocycles. The fraction of sp³-hybridized carbons (Fsp3) is 0.387. The molecule has 1 aliphatic rings. The predicted octanol–water partition coefficient (Wildman–Crippen LogP) is 3.47. The van der Waals surface area contributed by atoms with Gasteiger partial charge in [0.25, 0.3) is 15.9 Å². The van der Waals surface area contributed by atoms with Gasteiger partial charge in [-0.25, -0.2) is 8.42 Å². The van der Waals surface area contributed by atoms with E-state index >= 15 is 0 Å². The van der Waals surface area contributed by atoms with E-state index < -0.39 is 10.0 Å². The van der Waals surface area contributed by atoms with E-state index in [1.165, 1.54) is 37.4 Å². The van der Waals surface area contributed by atoms with Crippen LogP contribution in [0.5, 0.6) is 11.5 Å². The monoisotopic (exact) mass is 610 g/mol. The molecule has 1 N–H and O–H groups in total. The quantitative estimate of drug-likeness (QED) is 0.431. The van der Waals surface area contributed by atoms with Crippen LogP contribution in [0.2, 0.25) is 0 Å². The summed E-state index contributed by atoms with van der Waals surface area (Å²) in [7, 11) is 0.750. The van der Waals surface area contributed by atoms with Crippen molar-refractivity contribution in [3.8, 4) is 11.5 Å². The van der Waals surface area contributed by atoms with E-state index in [-0.39, 0.29) is 71.3 Å². The Hall–Kier alpha value is -4.16. The summed E-state index contributed by atoms with van der Waals surface area (Å²) in [5, 5.41) is 0. The Morgan fingerprint density at radius 3 is 2.58 bits per heavy atom. The molecular formula is C31H38N4O7S. The number of sulfonamides is 1. The second-order valence-electron chi connectivity index (χ2n) is 10.7. The maximum absolute atomic E-state index is 13.5. The summed E-state index contributed by atoms with van der Waals surface area (Å²) in [5.41, 5.74) is 1.27. The van der Waals surface area contributed by atoms with E-state index in [0.29, 0.717) is 12.3 Å². The van der Waals surface area contributed by atoms with Crippen molar-refractivity contribution >= 4 is 27.5 Å². The number of fused-ring (bicyclic) bond motifs is 1. The summed E-state index contributed by atoms with van der Waals surface area (Å²) < 4.78 is 45.9. The van der Waals surface area contributed by atoms with Gasteiger partial charge in [-0.2, -0.15) is 0 Å². The summed E-state index contributed by atoms with van der Waals surface area (Å²) in [4.78, 5) is 34.5. The fourth-order valence-corrected chi connectivity index (χ4v) is 6.03. The van der Waals surface area contributed by atoms with Gasteiger partial charge in [0.15, 0.2) is 0 Å². The van der Waals surface area contributed by atoms with Crippen LogP contribution in [-0.2, 0) is 26.0 Å². The zero-order chi connectivity index (χ0) is 31.1. The maximum atomic E-state index is 13.5. The number of carbonyl (C=O) groups excluding carboxylic acids is 2. The van der Waals surface area contributed by atoms with Gasteiger partial charge in [-0.3, -0.25) is 19.3 Å². The molecule has 0 aliphatic carbocycles. The molecule has 0 unspecified atom stereocenters. The minimum Gasteiger partial charge on any atom is -0.497 e. The zero-order valence-corrected chi connectivity index (χ0v) is 25.8. The van der Waals surface area contributed by atoms with Gasteiger partial charge in [0.1, 0.15) is 18.1 Å². The number of rotatable bonds is 7. The standard InChI is InChI=1S/C31H38N4O7S/c1-21-18-35(30(36)14-23-8-7-13-32-17-23)22(2)20-42-28-15-24(11-12-27(28)31(37)34(3)19-29(21)41-5)33-43(38,39)26-10-6-9-25(16-26)40-4/h6-13,15-17,21-22,29,33H,14,18-20H2,1-5H3/t21-,22+,29+/m1/s1. The van der Waals surface area contributed by atoms with Gasteiger partial charge in [-0.05, 0) is 42.8 Å². The Kier molecular flexibility index (Phi) is 10.3. The predicted molar refractivity (Wildman–Crippen MR) is 162 cm³/mol. The number of nitrogens with one attached hydrogen (secondary N) is 1. The average molecular weight is 611 g/mol. The lowest BCUT2D eigenvalue weighted by atomic mass is 10.0. The molecule has 1 aromatic heterocycles. The number of benzene rings is 2. The van der Waals surface area contributed by atoms with Crippen molar-refractivity contribution in [1.29, 1.82) is 0 Å². The van der Waals surface area contributed by atoms with Crippen molar-refractivity contribution in [1.82, 2.24) is 14.8 Å². The highest BCUT2D eigenvalue weighted by atomic mass is 32.2. The van der Waals surface area contributed by atoms with Crippen LogP contribution in [0.3, 0.4) is 0 Å². The topological polar surface area (TPSA) is 127 Å². The van der Waals surface area contributed by atoms with Crippen molar-refractivity contribution in [2.24, 2.45) is 5.92 Å². The van der Waals surface area contributed by atoms with E-state index in [4.69, 9.17) is 14.2 Å². The molecular weight excluding hydrogens is 572 g/mol. The van der Waals surface area contributed by atoms with Crippen LogP contribution in [0.25, 0.3) is 0 Å². The van der Waals surface area contributed by atoms with E-state index in [0.717, 1.165) is 5.56 Å². The van der Waals surface area contributed by atoms with Crippen molar-refractivity contribution < 1.29 is 32.2 Å². The van der Waals surface area contributed by atoms with Crippen molar-refractivity contribution in [3.63, 3.8) is 0 Å². The summed E-state index contributed by atoms with van der Waals surface area (Å²) in [5.74, 6) is 0.110. The first kappa shape index (κ1) is 31.8. The minimum atomic E-state index is -3.97. The SMILES string of the molecule is COc1cccc(S(=O)(=O)Nc2ccc3c(c2)OC[C@H](C)N(C(=O)Cc2cccnc2)C[C@@H](C)[C@@H](OC)CN(C)C3=O)c1. The molecule has 230 valence electrons. The van der Waals surface area contributed by atoms with Gasteiger partial charge in [-0.1, -0.05) is 19.1 Å². The van der Waals surface area contributed by atoms with E-state index in [1.54, 1.807) is 54.6 Å². The lowest BCUT2D eigenvalue weighted by Crippen LogP contribution is -2.49. The molecule has 2 heterocycles. The number of pyridine rings is 1. The van der Waals surface area contributed by atoms with Crippen LogP contribution in [0, 0.1) is 5.92 Å². The van der Waals surface area contributed by atoms with Crippen molar-refractivity contribution in [2.75, 3.05) is 45.7 Å². The number of hydrogen-bond acceptors (Lipinski definition) is 8. The van der Waals surface area contributed by atoms with Gasteiger partial charge < -0.3 is 24.0 Å². The summed E-state index contributed by atoms with van der Waals surface area (Å²) in [6.07, 6.45) is 3.16. The van der Waals surface area contributed by atoms with Crippen LogP contribution in [0.15, 0.2) is 71.9 Å². The lowest BCUT2D eigenvalue weighted by Gasteiger charge is -2.36. The minimum absolute atomic E-state index is 0.0208. The van der Waals surface area contributed by atoms with Crippen LogP contribution in [0.1, 0.15) is 29.8 Å². The van der Waals surface area contributed by atoms with Gasteiger partial charge >= 0.3 is 0 Å². The Bertz CT molecular complexity index is 1530. The fourth-order valence-electron chi connectivity index (χ4n) is 4.94. The number of hydrogen-bond donors (Lipinski definition) is 1. The van der Waals surface area contributed by atoms with E-state index in [9.17, 15) is 18.0 Å². The first-order chi connectivity index (χ1) is 20.5. The molecule has 11 nitrogen and oxygen atoms in total. The largest absolute Gasteiger partial charge is 0.497 e. The second kappa shape index (κ2) is 13.9. The van der Waals surface area contributed by atoms with Crippen LogP contribution in [0.4, 0.5) is 5.69 Å². The zero-order valence-electron chi connectivity index (χ0n) is 25.0. The number of aromatic nitrogens is 1. The highest BCUT2D eigenvalue weighted by molar-refractivity contribution is 7.92. The first-order valence-corrected chi connectivity index (χ1v) is 15.4. The van der Waals surface area contributed by atoms with Crippen molar-refractivity contribution in [3.05, 3.63) is 78.1 Å². The first-order valence-electron chi connectivity index (χ1n) is 13.9. The third-order valence-electron chi connectivity index (χ3n) is 7.45. The Labute approximate surface area is 252 Å². The highest BCUT2D eigenvalue weighted by Gasteiger charge is 2.30. The number of likely N-dealkylation sites (N-methyl/N-ethyl adjacent to an activating group) is 1. The molecule has 4 rings (SSSR count). The Morgan fingerprint density at radius 1 is 1.09 bits per heavy atom. The van der Waals surface area contributed by atoms with Gasteiger partial charge in [0.2, 0.25) is 5.91 Å². The van der Waals surface area contributed by atoms with Crippen LogP contribution >= 0.6 is 0 Å². The molecule has 3 atom stereocenters. The van der Waals surface area contributed by atoms with Gasteiger partial charge in [0.05, 0.1) is 41.8 Å². The number of carbonyl (C=O) groups is 2. The number of methoxy groups -OCH3 is 2. The molecule has 0 fully saturated rings. The third-order valence-corrected chi connectivity index (χ3v) is 8.83. The van der Waals surface area contributed by atoms with Crippen LogP contribution in [-0.4, -0.2) is 88.1 Å². The molecule has 0 radical (unpaired) electrons. The average Bonchev–Trinajstić information content (AvgIpc) is 3.00. The molecule has 0 bridgehead atoms. The highest BCUT2D eigenvalue weighted by Crippen LogP contribution is 2.29. The molecule has 1 aliphatic heterocycles. The number of anilines is 1. The Morgan fingerprint density at radius 2 is 1.88 bits per heavy atom. The number of nitrogens with zero attached hydrogens (tertiary/aromatic N) is 3. The summed E-state index contributed by atoms with van der Waals surface area (Å²) >= 11 is 0. The molecule has 0 saturated heterocycles. The van der Waals surface area contributed by atoms with E-state index in [1.807, 2.05) is 19.9 Å². The molecule has 43 heavy (non-hydrogen) atoms. The molecule has 12 heteroatoms.